The highest BCUT2D eigenvalue weighted by Gasteiger charge is 2.32. The third-order valence-electron chi connectivity index (χ3n) is 4.58. The van der Waals surface area contributed by atoms with Gasteiger partial charge in [-0.2, -0.15) is 0 Å². The van der Waals surface area contributed by atoms with Gasteiger partial charge in [-0.1, -0.05) is 7.43 Å². The maximum absolute atomic E-state index is 14.8. The summed E-state index contributed by atoms with van der Waals surface area (Å²) in [6, 6.07) is 6.32. The van der Waals surface area contributed by atoms with Crippen LogP contribution in [0.3, 0.4) is 0 Å². The summed E-state index contributed by atoms with van der Waals surface area (Å²) in [6.07, 6.45) is 2.20. The number of imidazole rings is 1. The molecule has 1 N–H and O–H groups in total. The molecule has 0 spiro atoms. The van der Waals surface area contributed by atoms with E-state index in [4.69, 9.17) is 4.74 Å². The molecular weight excluding hydrogens is 377 g/mol. The van der Waals surface area contributed by atoms with Crippen molar-refractivity contribution in [3.8, 4) is 11.1 Å². The fraction of sp³-hybridized carbons (Fsp3) is 0.300. The van der Waals surface area contributed by atoms with E-state index < -0.39 is 18.0 Å². The second-order valence-electron chi connectivity index (χ2n) is 6.64. The number of cyclic esters (lactones) is 1. The van der Waals surface area contributed by atoms with Crippen LogP contribution in [-0.2, 0) is 16.6 Å². The number of ether oxygens (including phenoxy) is 1. The lowest BCUT2D eigenvalue weighted by atomic mass is 10.1. The molecule has 2 amide bonds. The highest BCUT2D eigenvalue weighted by atomic mass is 19.1. The monoisotopic (exact) mass is 399 g/mol. The SMILES string of the molecule is C.CC(=O)NC[C@H]1CN(c2ccc(-c3cnc4c(c3)ncn4C)c(F)c2)C(=O)O1. The number of anilines is 1. The Balaban J connectivity index is 0.00000240. The minimum absolute atomic E-state index is 0. The molecule has 3 aromatic rings. The maximum atomic E-state index is 14.8. The van der Waals surface area contributed by atoms with Crippen molar-refractivity contribution in [2.24, 2.45) is 7.05 Å². The number of benzene rings is 1. The molecule has 1 aromatic carbocycles. The van der Waals surface area contributed by atoms with E-state index in [1.165, 1.54) is 17.9 Å². The molecule has 0 saturated carbocycles. The van der Waals surface area contributed by atoms with E-state index in [1.807, 2.05) is 7.05 Å². The standard InChI is InChI=1S/C19H18FN5O3.CH4/c1-11(26)21-8-14-9-25(19(27)28-14)13-3-4-15(16(20)6-13)12-5-17-18(22-7-12)24(2)10-23-17;/h3-7,10,14H,8-9H2,1-2H3,(H,21,26);1H4/t14-;/m0./s1. The normalized spacial score (nSPS) is 15.9. The van der Waals surface area contributed by atoms with Crippen LogP contribution < -0.4 is 10.2 Å². The molecule has 1 fully saturated rings. The number of carbonyl (C=O) groups excluding carboxylic acids is 2. The number of rotatable bonds is 4. The Kier molecular flexibility index (Phi) is 5.49. The first-order valence-electron chi connectivity index (χ1n) is 8.72. The van der Waals surface area contributed by atoms with E-state index in [-0.39, 0.29) is 26.4 Å². The number of aryl methyl sites for hydroxylation is 1. The van der Waals surface area contributed by atoms with Gasteiger partial charge in [-0.25, -0.2) is 19.2 Å². The predicted molar refractivity (Wildman–Crippen MR) is 107 cm³/mol. The van der Waals surface area contributed by atoms with Crippen LogP contribution in [0.2, 0.25) is 0 Å². The number of pyridine rings is 1. The van der Waals surface area contributed by atoms with Gasteiger partial charge in [0.15, 0.2) is 5.65 Å². The number of halogens is 1. The molecule has 0 radical (unpaired) electrons. The van der Waals surface area contributed by atoms with Crippen LogP contribution in [0.4, 0.5) is 14.9 Å². The lowest BCUT2D eigenvalue weighted by molar-refractivity contribution is -0.119. The number of carbonyl (C=O) groups is 2. The average Bonchev–Trinajstić information content (AvgIpc) is 3.22. The molecular formula is C20H22FN5O3. The number of fused-ring (bicyclic) bond motifs is 1. The zero-order chi connectivity index (χ0) is 19.8. The van der Waals surface area contributed by atoms with E-state index in [0.29, 0.717) is 28.0 Å². The molecule has 3 heterocycles. The number of amides is 2. The number of hydrogen-bond acceptors (Lipinski definition) is 5. The summed E-state index contributed by atoms with van der Waals surface area (Å²) in [4.78, 5) is 33.0. The van der Waals surface area contributed by atoms with E-state index in [1.54, 1.807) is 35.3 Å². The molecule has 9 heteroatoms. The fourth-order valence-corrected chi connectivity index (χ4v) is 3.17. The van der Waals surface area contributed by atoms with Crippen LogP contribution in [0.15, 0.2) is 36.8 Å². The summed E-state index contributed by atoms with van der Waals surface area (Å²) in [5, 5.41) is 2.61. The van der Waals surface area contributed by atoms with Gasteiger partial charge in [0, 0.05) is 31.3 Å². The molecule has 0 bridgehead atoms. The second kappa shape index (κ2) is 7.86. The van der Waals surface area contributed by atoms with E-state index in [0.717, 1.165) is 0 Å². The minimum Gasteiger partial charge on any atom is -0.442 e. The molecule has 1 aliphatic heterocycles. The molecule has 4 rings (SSSR count). The molecule has 2 aromatic heterocycles. The van der Waals surface area contributed by atoms with Crippen LogP contribution in [0.25, 0.3) is 22.3 Å². The molecule has 29 heavy (non-hydrogen) atoms. The first-order valence-corrected chi connectivity index (χ1v) is 8.72. The van der Waals surface area contributed by atoms with Gasteiger partial charge >= 0.3 is 6.09 Å². The van der Waals surface area contributed by atoms with E-state index in [9.17, 15) is 14.0 Å². The Bertz CT molecular complexity index is 1080. The molecule has 0 unspecified atom stereocenters. The lowest BCUT2D eigenvalue weighted by Crippen LogP contribution is -2.33. The first-order chi connectivity index (χ1) is 13.4. The van der Waals surface area contributed by atoms with Crippen LogP contribution in [-0.4, -0.2) is 45.7 Å². The molecule has 1 atom stereocenters. The van der Waals surface area contributed by atoms with Gasteiger partial charge in [0.2, 0.25) is 5.91 Å². The van der Waals surface area contributed by atoms with Gasteiger partial charge in [-0.05, 0) is 24.3 Å². The van der Waals surface area contributed by atoms with Crippen LogP contribution in [0, 0.1) is 5.82 Å². The van der Waals surface area contributed by atoms with Gasteiger partial charge in [0.1, 0.15) is 17.4 Å². The van der Waals surface area contributed by atoms with Crippen LogP contribution in [0.5, 0.6) is 0 Å². The Morgan fingerprint density at radius 1 is 1.34 bits per heavy atom. The quantitative estimate of drug-likeness (QED) is 0.729. The van der Waals surface area contributed by atoms with Crippen molar-refractivity contribution in [1.29, 1.82) is 0 Å². The molecule has 8 nitrogen and oxygen atoms in total. The summed E-state index contributed by atoms with van der Waals surface area (Å²) in [5.41, 5.74) is 2.75. The highest BCUT2D eigenvalue weighted by molar-refractivity contribution is 5.90. The summed E-state index contributed by atoms with van der Waals surface area (Å²) in [6.45, 7) is 1.84. The van der Waals surface area contributed by atoms with Crippen molar-refractivity contribution in [2.75, 3.05) is 18.0 Å². The van der Waals surface area contributed by atoms with Gasteiger partial charge in [-0.3, -0.25) is 9.69 Å². The topological polar surface area (TPSA) is 89.4 Å². The second-order valence-corrected chi connectivity index (χ2v) is 6.64. The summed E-state index contributed by atoms with van der Waals surface area (Å²) >= 11 is 0. The zero-order valence-electron chi connectivity index (χ0n) is 15.3. The molecule has 0 aliphatic carbocycles. The van der Waals surface area contributed by atoms with E-state index in [2.05, 4.69) is 15.3 Å². The van der Waals surface area contributed by atoms with Crippen molar-refractivity contribution >= 4 is 28.9 Å². The number of nitrogens with one attached hydrogen (secondary N) is 1. The predicted octanol–water partition coefficient (Wildman–Crippen LogP) is 2.87. The largest absolute Gasteiger partial charge is 0.442 e. The minimum atomic E-state index is -0.570. The summed E-state index contributed by atoms with van der Waals surface area (Å²) in [5.74, 6) is -0.684. The Morgan fingerprint density at radius 2 is 2.14 bits per heavy atom. The van der Waals surface area contributed by atoms with Crippen molar-refractivity contribution in [3.05, 3.63) is 42.6 Å². The van der Waals surface area contributed by atoms with Crippen molar-refractivity contribution < 1.29 is 18.7 Å². The first kappa shape index (κ1) is 20.2. The van der Waals surface area contributed by atoms with Crippen molar-refractivity contribution in [2.45, 2.75) is 20.5 Å². The third kappa shape index (κ3) is 3.89. The zero-order valence-corrected chi connectivity index (χ0v) is 15.3. The average molecular weight is 399 g/mol. The Morgan fingerprint density at radius 3 is 2.86 bits per heavy atom. The maximum Gasteiger partial charge on any atom is 0.414 e. The van der Waals surface area contributed by atoms with Crippen molar-refractivity contribution in [3.63, 3.8) is 0 Å². The summed E-state index contributed by atoms with van der Waals surface area (Å²) in [7, 11) is 1.84. The lowest BCUT2D eigenvalue weighted by Gasteiger charge is -2.14. The van der Waals surface area contributed by atoms with Gasteiger partial charge < -0.3 is 14.6 Å². The smallest absolute Gasteiger partial charge is 0.414 e. The Hall–Kier alpha value is -3.49. The van der Waals surface area contributed by atoms with Crippen LogP contribution in [0.1, 0.15) is 14.4 Å². The number of aromatic nitrogens is 3. The number of hydrogen-bond donors (Lipinski definition) is 1. The number of nitrogens with zero attached hydrogens (tertiary/aromatic N) is 4. The molecule has 1 aliphatic rings. The van der Waals surface area contributed by atoms with Gasteiger partial charge in [0.05, 0.1) is 25.1 Å². The van der Waals surface area contributed by atoms with E-state index >= 15 is 0 Å². The molecule has 152 valence electrons. The van der Waals surface area contributed by atoms with Gasteiger partial charge in [0.25, 0.3) is 0 Å². The van der Waals surface area contributed by atoms with Gasteiger partial charge in [-0.15, -0.1) is 0 Å². The van der Waals surface area contributed by atoms with Crippen molar-refractivity contribution in [1.82, 2.24) is 19.9 Å². The fourth-order valence-electron chi connectivity index (χ4n) is 3.17. The Labute approximate surface area is 167 Å². The summed E-state index contributed by atoms with van der Waals surface area (Å²) < 4.78 is 21.8. The third-order valence-corrected chi connectivity index (χ3v) is 4.58. The van der Waals surface area contributed by atoms with Crippen LogP contribution >= 0.6 is 0 Å². The highest BCUT2D eigenvalue weighted by Crippen LogP contribution is 2.29. The molecule has 1 saturated heterocycles.